The van der Waals surface area contributed by atoms with Crippen LogP contribution < -0.4 is 0 Å². The highest BCUT2D eigenvalue weighted by molar-refractivity contribution is 7.80. The highest BCUT2D eigenvalue weighted by atomic mass is 32.1. The van der Waals surface area contributed by atoms with Gasteiger partial charge in [-0.15, -0.1) is 0 Å². The van der Waals surface area contributed by atoms with Gasteiger partial charge in [-0.1, -0.05) is 14.4 Å². The maximum atomic E-state index is 4.63. The van der Waals surface area contributed by atoms with Gasteiger partial charge in [0, 0.05) is 6.42 Å². The summed E-state index contributed by atoms with van der Waals surface area (Å²) in [5, 5.41) is 0.676. The lowest BCUT2D eigenvalue weighted by molar-refractivity contribution is 0.404. The summed E-state index contributed by atoms with van der Waals surface area (Å²) in [6.45, 7) is 1.96. The Hall–Kier alpha value is -0.110. The Morgan fingerprint density at radius 3 is 2.14 bits per heavy atom. The van der Waals surface area contributed by atoms with Crippen LogP contribution in [0.3, 0.4) is 0 Å². The first-order valence-corrected chi connectivity index (χ1v) is 2.29. The Kier molecular flexibility index (Phi) is 8.41. The second kappa shape index (κ2) is 5.89. The summed E-state index contributed by atoms with van der Waals surface area (Å²) in [7, 11) is 1.59. The van der Waals surface area contributed by atoms with Crippen molar-refractivity contribution in [2.75, 3.05) is 7.11 Å². The van der Waals surface area contributed by atoms with E-state index in [-0.39, 0.29) is 7.43 Å². The molecule has 0 aliphatic heterocycles. The molecule has 0 aromatic heterocycles. The smallest absolute Gasteiger partial charge is 0.158 e. The first kappa shape index (κ1) is 10.00. The van der Waals surface area contributed by atoms with Crippen LogP contribution in [0.25, 0.3) is 0 Å². The third-order valence-electron chi connectivity index (χ3n) is 0.516. The molecule has 0 amide bonds. The lowest BCUT2D eigenvalue weighted by Gasteiger charge is -1.91. The lowest BCUT2D eigenvalue weighted by atomic mass is 10.5. The molecule has 44 valence electrons. The maximum Gasteiger partial charge on any atom is 0.158 e. The molecular formula is C5H12OS. The van der Waals surface area contributed by atoms with Gasteiger partial charge in [-0.3, -0.25) is 0 Å². The Balaban J connectivity index is 0. The molecule has 0 unspecified atom stereocenters. The number of thiocarbonyl (C=S) groups is 1. The van der Waals surface area contributed by atoms with Gasteiger partial charge >= 0.3 is 0 Å². The van der Waals surface area contributed by atoms with Gasteiger partial charge in [0.25, 0.3) is 0 Å². The quantitative estimate of drug-likeness (QED) is 0.489. The Morgan fingerprint density at radius 1 is 1.71 bits per heavy atom. The fourth-order valence-electron chi connectivity index (χ4n) is 0.144. The molecule has 0 atom stereocenters. The molecule has 0 bridgehead atoms. The molecule has 0 saturated heterocycles. The zero-order valence-electron chi connectivity index (χ0n) is 4.02. The summed E-state index contributed by atoms with van der Waals surface area (Å²) in [5.74, 6) is 0. The molecule has 0 heterocycles. The van der Waals surface area contributed by atoms with Gasteiger partial charge < -0.3 is 4.74 Å². The molecule has 0 spiro atoms. The van der Waals surface area contributed by atoms with Crippen molar-refractivity contribution in [3.05, 3.63) is 0 Å². The van der Waals surface area contributed by atoms with E-state index in [0.29, 0.717) is 5.05 Å². The molecule has 0 rings (SSSR count). The van der Waals surface area contributed by atoms with Crippen LogP contribution in [-0.4, -0.2) is 12.2 Å². The summed E-state index contributed by atoms with van der Waals surface area (Å²) in [5.41, 5.74) is 0. The van der Waals surface area contributed by atoms with Crippen LogP contribution in [-0.2, 0) is 4.74 Å². The molecule has 0 aromatic rings. The average molecular weight is 120 g/mol. The molecule has 0 radical (unpaired) electrons. The molecule has 2 heteroatoms. The highest BCUT2D eigenvalue weighted by Gasteiger charge is 1.81. The van der Waals surface area contributed by atoms with Crippen molar-refractivity contribution in [1.29, 1.82) is 0 Å². The zero-order valence-corrected chi connectivity index (χ0v) is 4.84. The molecule has 1 nitrogen and oxygen atoms in total. The van der Waals surface area contributed by atoms with Crippen LogP contribution in [0, 0.1) is 0 Å². The van der Waals surface area contributed by atoms with Gasteiger partial charge in [0.2, 0.25) is 0 Å². The standard InChI is InChI=1S/C4H8OS.CH4/c1-3-4(6)5-2;/h3H2,1-2H3;1H4. The van der Waals surface area contributed by atoms with E-state index in [1.165, 1.54) is 0 Å². The summed E-state index contributed by atoms with van der Waals surface area (Å²) < 4.78 is 4.63. The first-order valence-electron chi connectivity index (χ1n) is 1.88. The van der Waals surface area contributed by atoms with E-state index in [9.17, 15) is 0 Å². The Labute approximate surface area is 50.7 Å². The van der Waals surface area contributed by atoms with E-state index >= 15 is 0 Å². The Bertz CT molecular complexity index is 46.0. The van der Waals surface area contributed by atoms with Crippen LogP contribution in [0.2, 0.25) is 0 Å². The van der Waals surface area contributed by atoms with E-state index in [0.717, 1.165) is 6.42 Å². The van der Waals surface area contributed by atoms with Crippen molar-refractivity contribution in [1.82, 2.24) is 0 Å². The summed E-state index contributed by atoms with van der Waals surface area (Å²) >= 11 is 4.63. The van der Waals surface area contributed by atoms with Crippen molar-refractivity contribution in [3.8, 4) is 0 Å². The molecule has 0 saturated carbocycles. The lowest BCUT2D eigenvalue weighted by Crippen LogP contribution is -1.91. The largest absolute Gasteiger partial charge is 0.490 e. The van der Waals surface area contributed by atoms with Crippen LogP contribution >= 0.6 is 12.2 Å². The van der Waals surface area contributed by atoms with Crippen molar-refractivity contribution in [2.45, 2.75) is 20.8 Å². The fourth-order valence-corrected chi connectivity index (χ4v) is 0.144. The third-order valence-corrected chi connectivity index (χ3v) is 0.972. The SMILES string of the molecule is C.CCC(=S)OC. The van der Waals surface area contributed by atoms with Gasteiger partial charge in [-0.2, -0.15) is 0 Å². The van der Waals surface area contributed by atoms with E-state index in [4.69, 9.17) is 0 Å². The number of ether oxygens (including phenoxy) is 1. The van der Waals surface area contributed by atoms with Gasteiger partial charge in [-0.25, -0.2) is 0 Å². The van der Waals surface area contributed by atoms with E-state index in [1.54, 1.807) is 7.11 Å². The second-order valence-corrected chi connectivity index (χ2v) is 1.39. The van der Waals surface area contributed by atoms with E-state index < -0.39 is 0 Å². The number of rotatable bonds is 1. The zero-order chi connectivity index (χ0) is 4.99. The number of hydrogen-bond donors (Lipinski definition) is 0. The molecule has 0 fully saturated rings. The predicted molar refractivity (Wildman–Crippen MR) is 36.6 cm³/mol. The fraction of sp³-hybridized carbons (Fsp3) is 0.800. The summed E-state index contributed by atoms with van der Waals surface area (Å²) in [4.78, 5) is 0. The van der Waals surface area contributed by atoms with E-state index in [1.807, 2.05) is 6.92 Å². The topological polar surface area (TPSA) is 9.23 Å². The third kappa shape index (κ3) is 5.89. The van der Waals surface area contributed by atoms with Crippen LogP contribution in [0.1, 0.15) is 20.8 Å². The minimum Gasteiger partial charge on any atom is -0.490 e. The first-order chi connectivity index (χ1) is 2.81. The van der Waals surface area contributed by atoms with Crippen molar-refractivity contribution >= 4 is 17.3 Å². The van der Waals surface area contributed by atoms with Crippen molar-refractivity contribution in [3.63, 3.8) is 0 Å². The van der Waals surface area contributed by atoms with Gasteiger partial charge in [-0.05, 0) is 12.2 Å². The summed E-state index contributed by atoms with van der Waals surface area (Å²) in [6, 6.07) is 0. The minimum atomic E-state index is 0. The minimum absolute atomic E-state index is 0. The van der Waals surface area contributed by atoms with Crippen LogP contribution in [0.15, 0.2) is 0 Å². The number of hydrogen-bond acceptors (Lipinski definition) is 2. The predicted octanol–water partition coefficient (Wildman–Crippen LogP) is 2.01. The van der Waals surface area contributed by atoms with Crippen molar-refractivity contribution < 1.29 is 4.74 Å². The second-order valence-electron chi connectivity index (χ2n) is 0.930. The highest BCUT2D eigenvalue weighted by Crippen LogP contribution is 1.81. The molecule has 0 N–H and O–H groups in total. The van der Waals surface area contributed by atoms with Crippen LogP contribution in [0.5, 0.6) is 0 Å². The van der Waals surface area contributed by atoms with E-state index in [2.05, 4.69) is 17.0 Å². The van der Waals surface area contributed by atoms with Gasteiger partial charge in [0.1, 0.15) is 0 Å². The normalized spacial score (nSPS) is 6.57. The summed E-state index contributed by atoms with van der Waals surface area (Å²) in [6.07, 6.45) is 0.839. The van der Waals surface area contributed by atoms with Crippen LogP contribution in [0.4, 0.5) is 0 Å². The molecule has 0 aliphatic carbocycles. The molecular weight excluding hydrogens is 108 g/mol. The monoisotopic (exact) mass is 120 g/mol. The average Bonchev–Trinajstić information content (AvgIpc) is 1.65. The molecule has 0 aliphatic rings. The maximum absolute atomic E-state index is 4.63. The van der Waals surface area contributed by atoms with Gasteiger partial charge in [0.05, 0.1) is 7.11 Å². The Morgan fingerprint density at radius 2 is 2.14 bits per heavy atom. The van der Waals surface area contributed by atoms with Gasteiger partial charge in [0.15, 0.2) is 5.05 Å². The molecule has 7 heavy (non-hydrogen) atoms. The number of methoxy groups -OCH3 is 1. The van der Waals surface area contributed by atoms with Crippen molar-refractivity contribution in [2.24, 2.45) is 0 Å². The molecule has 0 aromatic carbocycles.